The number of hydrogen-bond donors (Lipinski definition) is 2. The first-order valence-corrected chi connectivity index (χ1v) is 5.89. The van der Waals surface area contributed by atoms with Gasteiger partial charge in [0.15, 0.2) is 0 Å². The third kappa shape index (κ3) is 3.84. The number of carboxylic acids is 1. The van der Waals surface area contributed by atoms with Crippen molar-refractivity contribution < 1.29 is 9.90 Å². The monoisotopic (exact) mass is 249 g/mol. The highest BCUT2D eigenvalue weighted by molar-refractivity contribution is 5.77. The summed E-state index contributed by atoms with van der Waals surface area (Å²) in [5.74, 6) is 0.533. The molecule has 0 radical (unpaired) electrons. The third-order valence-electron chi connectivity index (χ3n) is 2.41. The molecule has 98 valence electrons. The fraction of sp³-hybridized carbons (Fsp3) is 0.462. The predicted molar refractivity (Wildman–Crippen MR) is 70.7 cm³/mol. The van der Waals surface area contributed by atoms with Gasteiger partial charge in [0.2, 0.25) is 0 Å². The number of hydrogen-bond acceptors (Lipinski definition) is 4. The van der Waals surface area contributed by atoms with E-state index in [1.54, 1.807) is 12.1 Å². The van der Waals surface area contributed by atoms with E-state index in [1.165, 1.54) is 0 Å². The SMILES string of the molecule is C=CCC(Nc1cc(C)nc(C(C)C)n1)C(=O)O. The van der Waals surface area contributed by atoms with E-state index in [0.717, 1.165) is 5.69 Å². The molecule has 2 N–H and O–H groups in total. The van der Waals surface area contributed by atoms with E-state index in [0.29, 0.717) is 18.1 Å². The second kappa shape index (κ2) is 6.14. The van der Waals surface area contributed by atoms with Gasteiger partial charge in [-0.1, -0.05) is 19.9 Å². The second-order valence-corrected chi connectivity index (χ2v) is 4.47. The summed E-state index contributed by atoms with van der Waals surface area (Å²) in [6, 6.07) is 1.03. The number of aliphatic carboxylic acids is 1. The summed E-state index contributed by atoms with van der Waals surface area (Å²) in [7, 11) is 0. The van der Waals surface area contributed by atoms with E-state index in [1.807, 2.05) is 20.8 Å². The number of carbonyl (C=O) groups is 1. The fourth-order valence-corrected chi connectivity index (χ4v) is 1.49. The number of nitrogens with zero attached hydrogens (tertiary/aromatic N) is 2. The number of rotatable bonds is 6. The van der Waals surface area contributed by atoms with Crippen molar-refractivity contribution >= 4 is 11.8 Å². The van der Waals surface area contributed by atoms with Gasteiger partial charge in [0.1, 0.15) is 17.7 Å². The van der Waals surface area contributed by atoms with Crippen molar-refractivity contribution in [3.05, 3.63) is 30.2 Å². The molecule has 0 spiro atoms. The van der Waals surface area contributed by atoms with Gasteiger partial charge in [0.25, 0.3) is 0 Å². The summed E-state index contributed by atoms with van der Waals surface area (Å²) >= 11 is 0. The van der Waals surface area contributed by atoms with E-state index in [2.05, 4.69) is 21.9 Å². The Labute approximate surface area is 107 Å². The smallest absolute Gasteiger partial charge is 0.326 e. The normalized spacial score (nSPS) is 12.2. The van der Waals surface area contributed by atoms with Crippen LogP contribution in [0.2, 0.25) is 0 Å². The quantitative estimate of drug-likeness (QED) is 0.757. The minimum Gasteiger partial charge on any atom is -0.480 e. The number of carboxylic acid groups (broad SMARTS) is 1. The standard InChI is InChI=1S/C13H19N3O2/c1-5-6-10(13(17)18)15-11-7-9(4)14-12(16-11)8(2)3/h5,7-8,10H,1,6H2,2-4H3,(H,17,18)(H,14,15,16). The number of anilines is 1. The largest absolute Gasteiger partial charge is 0.480 e. The highest BCUT2D eigenvalue weighted by atomic mass is 16.4. The van der Waals surface area contributed by atoms with E-state index in [4.69, 9.17) is 5.11 Å². The molecule has 0 fully saturated rings. The molecule has 1 heterocycles. The van der Waals surface area contributed by atoms with Crippen LogP contribution in [0.15, 0.2) is 18.7 Å². The minimum absolute atomic E-state index is 0.202. The molecule has 0 aliphatic carbocycles. The molecule has 0 aliphatic heterocycles. The van der Waals surface area contributed by atoms with E-state index in [-0.39, 0.29) is 5.92 Å². The first-order chi connectivity index (χ1) is 8.43. The zero-order valence-corrected chi connectivity index (χ0v) is 11.0. The lowest BCUT2D eigenvalue weighted by Crippen LogP contribution is -2.29. The van der Waals surface area contributed by atoms with Gasteiger partial charge < -0.3 is 10.4 Å². The van der Waals surface area contributed by atoms with Crippen LogP contribution in [0.1, 0.15) is 37.7 Å². The summed E-state index contributed by atoms with van der Waals surface area (Å²) < 4.78 is 0. The van der Waals surface area contributed by atoms with E-state index < -0.39 is 12.0 Å². The van der Waals surface area contributed by atoms with Gasteiger partial charge in [-0.15, -0.1) is 6.58 Å². The summed E-state index contributed by atoms with van der Waals surface area (Å²) in [5, 5.41) is 12.0. The van der Waals surface area contributed by atoms with Crippen LogP contribution in [0.5, 0.6) is 0 Å². The zero-order valence-electron chi connectivity index (χ0n) is 11.0. The maximum atomic E-state index is 11.0. The second-order valence-electron chi connectivity index (χ2n) is 4.47. The van der Waals surface area contributed by atoms with Crippen molar-refractivity contribution in [1.29, 1.82) is 0 Å². The van der Waals surface area contributed by atoms with Crippen LogP contribution >= 0.6 is 0 Å². The topological polar surface area (TPSA) is 75.1 Å². The van der Waals surface area contributed by atoms with Gasteiger partial charge in [0.05, 0.1) is 0 Å². The molecule has 1 atom stereocenters. The van der Waals surface area contributed by atoms with Crippen molar-refractivity contribution in [2.24, 2.45) is 0 Å². The highest BCUT2D eigenvalue weighted by Crippen LogP contribution is 2.15. The minimum atomic E-state index is -0.919. The van der Waals surface area contributed by atoms with Gasteiger partial charge in [-0.2, -0.15) is 0 Å². The van der Waals surface area contributed by atoms with Gasteiger partial charge in [0, 0.05) is 17.7 Å². The Kier molecular flexibility index (Phi) is 4.83. The maximum absolute atomic E-state index is 11.0. The molecule has 0 aliphatic rings. The molecule has 0 saturated heterocycles. The number of aromatic nitrogens is 2. The van der Waals surface area contributed by atoms with Crippen LogP contribution in [-0.4, -0.2) is 27.1 Å². The summed E-state index contributed by atoms with van der Waals surface area (Å²) in [6.07, 6.45) is 1.92. The zero-order chi connectivity index (χ0) is 13.7. The lowest BCUT2D eigenvalue weighted by Gasteiger charge is -2.15. The molecule has 18 heavy (non-hydrogen) atoms. The first-order valence-electron chi connectivity index (χ1n) is 5.89. The molecule has 0 aromatic carbocycles. The molecule has 1 aromatic heterocycles. The number of nitrogens with one attached hydrogen (secondary N) is 1. The van der Waals surface area contributed by atoms with Crippen LogP contribution < -0.4 is 5.32 Å². The first kappa shape index (κ1) is 14.2. The average molecular weight is 249 g/mol. The van der Waals surface area contributed by atoms with E-state index in [9.17, 15) is 4.79 Å². The van der Waals surface area contributed by atoms with Gasteiger partial charge in [-0.3, -0.25) is 0 Å². The number of aryl methyl sites for hydroxylation is 1. The highest BCUT2D eigenvalue weighted by Gasteiger charge is 2.16. The Morgan fingerprint density at radius 2 is 2.22 bits per heavy atom. The molecule has 0 saturated carbocycles. The van der Waals surface area contributed by atoms with Crippen LogP contribution in [0, 0.1) is 6.92 Å². The van der Waals surface area contributed by atoms with Crippen molar-refractivity contribution in [2.45, 2.75) is 39.2 Å². The Bertz CT molecular complexity index is 444. The Morgan fingerprint density at radius 3 is 2.72 bits per heavy atom. The lowest BCUT2D eigenvalue weighted by atomic mass is 10.2. The van der Waals surface area contributed by atoms with Crippen LogP contribution in [-0.2, 0) is 4.79 Å². The molecule has 1 rings (SSSR count). The Morgan fingerprint density at radius 1 is 1.56 bits per heavy atom. The predicted octanol–water partition coefficient (Wildman–Crippen LogP) is 2.35. The average Bonchev–Trinajstić information content (AvgIpc) is 2.27. The maximum Gasteiger partial charge on any atom is 0.326 e. The van der Waals surface area contributed by atoms with Crippen molar-refractivity contribution in [2.75, 3.05) is 5.32 Å². The molecule has 0 amide bonds. The summed E-state index contributed by atoms with van der Waals surface area (Å²) in [6.45, 7) is 9.41. The molecular formula is C13H19N3O2. The third-order valence-corrected chi connectivity index (χ3v) is 2.41. The Balaban J connectivity index is 2.95. The van der Waals surface area contributed by atoms with Crippen molar-refractivity contribution in [1.82, 2.24) is 9.97 Å². The van der Waals surface area contributed by atoms with Crippen molar-refractivity contribution in [3.63, 3.8) is 0 Å². The van der Waals surface area contributed by atoms with Crippen LogP contribution in [0.25, 0.3) is 0 Å². The van der Waals surface area contributed by atoms with E-state index >= 15 is 0 Å². The lowest BCUT2D eigenvalue weighted by molar-refractivity contribution is -0.137. The van der Waals surface area contributed by atoms with Gasteiger partial charge in [-0.25, -0.2) is 14.8 Å². The fourth-order valence-electron chi connectivity index (χ4n) is 1.49. The molecular weight excluding hydrogens is 230 g/mol. The van der Waals surface area contributed by atoms with Crippen molar-refractivity contribution in [3.8, 4) is 0 Å². The van der Waals surface area contributed by atoms with Gasteiger partial charge >= 0.3 is 5.97 Å². The molecule has 5 heteroatoms. The summed E-state index contributed by atoms with van der Waals surface area (Å²) in [4.78, 5) is 19.7. The van der Waals surface area contributed by atoms with Crippen LogP contribution in [0.4, 0.5) is 5.82 Å². The molecule has 5 nitrogen and oxygen atoms in total. The molecule has 1 aromatic rings. The van der Waals surface area contributed by atoms with Gasteiger partial charge in [-0.05, 0) is 13.3 Å². The Hall–Kier alpha value is -1.91. The summed E-state index contributed by atoms with van der Waals surface area (Å²) in [5.41, 5.74) is 0.818. The molecule has 1 unspecified atom stereocenters. The molecule has 0 bridgehead atoms. The van der Waals surface area contributed by atoms with Crippen LogP contribution in [0.3, 0.4) is 0 Å².